The van der Waals surface area contributed by atoms with Gasteiger partial charge in [0.15, 0.2) is 11.5 Å². The number of likely N-dealkylation sites (tertiary alicyclic amines) is 1. The van der Waals surface area contributed by atoms with Crippen LogP contribution in [-0.2, 0) is 36.6 Å². The fourth-order valence-electron chi connectivity index (χ4n) is 12.0. The van der Waals surface area contributed by atoms with Crippen molar-refractivity contribution in [3.63, 3.8) is 0 Å². The maximum Gasteiger partial charge on any atom is 0.334 e. The van der Waals surface area contributed by atoms with E-state index in [0.717, 1.165) is 77.3 Å². The lowest BCUT2D eigenvalue weighted by Gasteiger charge is -2.76. The molecule has 4 aliphatic carbocycles. The molecular formula is C41H58NO6P. The third kappa shape index (κ3) is 4.77. The summed E-state index contributed by atoms with van der Waals surface area (Å²) in [7, 11) is -1.40. The van der Waals surface area contributed by atoms with Crippen molar-refractivity contribution >= 4 is 7.60 Å². The molecular weight excluding hydrogens is 633 g/mol. The molecule has 3 aliphatic heterocycles. The normalized spacial score (nSPS) is 38.6. The molecule has 9 rings (SSSR count). The van der Waals surface area contributed by atoms with Gasteiger partial charge in [0.05, 0.1) is 18.4 Å². The number of unbranched alkanes of at least 4 members (excludes halogenated alkanes) is 4. The van der Waals surface area contributed by atoms with Crippen LogP contribution in [0.2, 0.25) is 0 Å². The van der Waals surface area contributed by atoms with E-state index in [0.29, 0.717) is 24.6 Å². The van der Waals surface area contributed by atoms with E-state index in [1.165, 1.54) is 29.5 Å². The van der Waals surface area contributed by atoms with Crippen molar-refractivity contribution in [3.8, 4) is 11.5 Å². The van der Waals surface area contributed by atoms with Crippen molar-refractivity contribution in [1.82, 2.24) is 4.90 Å². The second-order valence-electron chi connectivity index (χ2n) is 17.3. The van der Waals surface area contributed by atoms with Gasteiger partial charge in [0, 0.05) is 35.5 Å². The van der Waals surface area contributed by atoms with Crippen LogP contribution in [0.15, 0.2) is 42.5 Å². The molecule has 4 bridgehead atoms. The van der Waals surface area contributed by atoms with Crippen LogP contribution in [-0.4, -0.2) is 66.3 Å². The van der Waals surface area contributed by atoms with Crippen molar-refractivity contribution in [2.24, 2.45) is 16.7 Å². The Morgan fingerprint density at radius 3 is 2.53 bits per heavy atom. The van der Waals surface area contributed by atoms with E-state index in [4.69, 9.17) is 18.5 Å². The zero-order chi connectivity index (χ0) is 34.3. The number of fused-ring (bicyclic) bond motifs is 2. The van der Waals surface area contributed by atoms with Crippen LogP contribution in [0.5, 0.6) is 11.5 Å². The number of nitrogens with zero attached hydrogens (tertiary/aromatic N) is 1. The Hall–Kier alpha value is -1.89. The zero-order valence-corrected chi connectivity index (χ0v) is 31.4. The topological polar surface area (TPSA) is 77.5 Å². The van der Waals surface area contributed by atoms with Crippen molar-refractivity contribution in [1.29, 1.82) is 0 Å². The highest BCUT2D eigenvalue weighted by Crippen LogP contribution is 2.81. The molecule has 2 aromatic carbocycles. The van der Waals surface area contributed by atoms with Crippen LogP contribution >= 0.6 is 7.60 Å². The van der Waals surface area contributed by atoms with Gasteiger partial charge in [0.25, 0.3) is 0 Å². The van der Waals surface area contributed by atoms with Crippen LogP contribution in [0.1, 0.15) is 109 Å². The number of hydrogen-bond acceptors (Lipinski definition) is 7. The smallest absolute Gasteiger partial charge is 0.334 e. The number of phenols is 1. The van der Waals surface area contributed by atoms with Gasteiger partial charge in [-0.2, -0.15) is 0 Å². The molecule has 3 saturated carbocycles. The van der Waals surface area contributed by atoms with Gasteiger partial charge in [-0.3, -0.25) is 9.46 Å². The fourth-order valence-corrected chi connectivity index (χ4v) is 14.7. The molecule has 0 amide bonds. The van der Waals surface area contributed by atoms with Gasteiger partial charge in [-0.15, -0.1) is 0 Å². The maximum absolute atomic E-state index is 14.3. The van der Waals surface area contributed by atoms with Gasteiger partial charge >= 0.3 is 7.60 Å². The predicted octanol–water partition coefficient (Wildman–Crippen LogP) is 8.83. The van der Waals surface area contributed by atoms with Gasteiger partial charge in [-0.1, -0.05) is 83.4 Å². The summed E-state index contributed by atoms with van der Waals surface area (Å²) in [6, 6.07) is 15.0. The number of aromatic hydroxyl groups is 1. The number of ether oxygens (including phenoxy) is 2. The van der Waals surface area contributed by atoms with Crippen molar-refractivity contribution in [2.75, 3.05) is 33.0 Å². The van der Waals surface area contributed by atoms with Gasteiger partial charge in [0.1, 0.15) is 11.7 Å². The van der Waals surface area contributed by atoms with Crippen LogP contribution in [0.4, 0.5) is 0 Å². The molecule has 8 heteroatoms. The summed E-state index contributed by atoms with van der Waals surface area (Å²) in [6.07, 6.45) is 12.8. The Labute approximate surface area is 294 Å². The van der Waals surface area contributed by atoms with E-state index in [2.05, 4.69) is 69.0 Å². The quantitative estimate of drug-likeness (QED) is 0.166. The molecule has 7 aliphatic rings. The Morgan fingerprint density at radius 2 is 1.80 bits per heavy atom. The number of methoxy groups -OCH3 is 1. The molecule has 2 spiro atoms. The monoisotopic (exact) mass is 691 g/mol. The van der Waals surface area contributed by atoms with E-state index in [1.54, 1.807) is 0 Å². The lowest BCUT2D eigenvalue weighted by Crippen LogP contribution is -2.84. The third-order valence-corrected chi connectivity index (χ3v) is 16.4. The summed E-state index contributed by atoms with van der Waals surface area (Å²) < 4.78 is 41.3. The summed E-state index contributed by atoms with van der Waals surface area (Å²) in [4.78, 5) is 2.79. The highest BCUT2D eigenvalue weighted by atomic mass is 31.2. The number of rotatable bonds is 13. The van der Waals surface area contributed by atoms with Gasteiger partial charge in [-0.05, 0) is 93.5 Å². The number of benzene rings is 2. The number of hydrogen-bond donors (Lipinski definition) is 1. The second-order valence-corrected chi connectivity index (χ2v) is 19.3. The van der Waals surface area contributed by atoms with E-state index in [1.807, 2.05) is 13.2 Å². The Bertz CT molecular complexity index is 1600. The summed E-state index contributed by atoms with van der Waals surface area (Å²) in [5.41, 5.74) is 2.13. The largest absolute Gasteiger partial charge is 0.504 e. The SMILES string of the molecule is CCCCN1CCC23c4c5ccc(O)c4OC2C2(OC)CCC3(CC2C2(C(C)(C)C)CP(=O)(OCCCCCCc3ccccc3)O2)C1C5. The standard InChI is InChI=1S/C41H58NO6P/c1-6-7-23-42-24-22-39-34-30-18-19-31(43)35(34)47-36(39)40(45-5)21-20-38(39,33(42)26-30)27-32(40)41(37(2,3)4)28-49(44,48-41)46-25-14-9-8-11-15-29-16-12-10-13-17-29/h10,12-13,16-19,32-33,36,43H,6-9,11,14-15,20-28H2,1-5H3. The molecule has 8 unspecified atom stereocenters. The van der Waals surface area contributed by atoms with Crippen molar-refractivity contribution in [2.45, 2.75) is 134 Å². The molecule has 1 N–H and O–H groups in total. The van der Waals surface area contributed by atoms with E-state index >= 15 is 0 Å². The Morgan fingerprint density at radius 1 is 1.02 bits per heavy atom. The van der Waals surface area contributed by atoms with Crippen LogP contribution < -0.4 is 4.74 Å². The minimum absolute atomic E-state index is 0.0211. The van der Waals surface area contributed by atoms with Gasteiger partial charge in [0.2, 0.25) is 0 Å². The maximum atomic E-state index is 14.3. The third-order valence-electron chi connectivity index (χ3n) is 14.3. The van der Waals surface area contributed by atoms with Gasteiger partial charge in [-0.25, -0.2) is 0 Å². The summed E-state index contributed by atoms with van der Waals surface area (Å²) >= 11 is 0. The Balaban J connectivity index is 1.06. The van der Waals surface area contributed by atoms with E-state index in [9.17, 15) is 9.67 Å². The fraction of sp³-hybridized carbons (Fsp3) is 0.707. The lowest BCUT2D eigenvalue weighted by atomic mass is 9.33. The first-order valence-corrected chi connectivity index (χ1v) is 21.0. The summed E-state index contributed by atoms with van der Waals surface area (Å²) in [5, 5.41) is 11.3. The average Bonchev–Trinajstić information content (AvgIpc) is 3.44. The number of phenolic OH excluding ortho intramolecular Hbond substituents is 1. The minimum atomic E-state index is -3.26. The first-order chi connectivity index (χ1) is 23.5. The van der Waals surface area contributed by atoms with Crippen LogP contribution in [0, 0.1) is 16.7 Å². The molecule has 8 atom stereocenters. The number of piperidine rings is 1. The average molecular weight is 692 g/mol. The molecule has 5 fully saturated rings. The molecule has 0 aromatic heterocycles. The minimum Gasteiger partial charge on any atom is -0.504 e. The van der Waals surface area contributed by atoms with E-state index < -0.39 is 18.8 Å². The Kier molecular flexibility index (Phi) is 8.44. The second kappa shape index (κ2) is 12.1. The molecule has 268 valence electrons. The molecule has 49 heavy (non-hydrogen) atoms. The molecule has 0 radical (unpaired) electrons. The van der Waals surface area contributed by atoms with Crippen molar-refractivity contribution in [3.05, 3.63) is 59.2 Å². The summed E-state index contributed by atoms with van der Waals surface area (Å²) in [5.74, 6) is 0.913. The van der Waals surface area contributed by atoms with E-state index in [-0.39, 0.29) is 34.0 Å². The molecule has 7 nitrogen and oxygen atoms in total. The molecule has 2 aromatic rings. The number of aryl methyl sites for hydroxylation is 1. The first kappa shape index (κ1) is 34.2. The zero-order valence-electron chi connectivity index (χ0n) is 30.5. The van der Waals surface area contributed by atoms with Gasteiger partial charge < -0.3 is 23.6 Å². The summed E-state index contributed by atoms with van der Waals surface area (Å²) in [6.45, 7) is 11.6. The molecule has 2 saturated heterocycles. The highest BCUT2D eigenvalue weighted by Gasteiger charge is 2.84. The van der Waals surface area contributed by atoms with Crippen LogP contribution in [0.3, 0.4) is 0 Å². The van der Waals surface area contributed by atoms with Crippen molar-refractivity contribution < 1.29 is 28.2 Å². The molecule has 3 heterocycles. The highest BCUT2D eigenvalue weighted by molar-refractivity contribution is 7.55. The van der Waals surface area contributed by atoms with Crippen LogP contribution in [0.25, 0.3) is 0 Å². The predicted molar refractivity (Wildman–Crippen MR) is 193 cm³/mol. The first-order valence-electron chi connectivity index (χ1n) is 19.3. The lowest BCUT2D eigenvalue weighted by molar-refractivity contribution is -0.314.